The van der Waals surface area contributed by atoms with Gasteiger partial charge in [-0.2, -0.15) is 5.10 Å². The van der Waals surface area contributed by atoms with Crippen LogP contribution in [0.5, 0.6) is 5.75 Å². The first-order valence-corrected chi connectivity index (χ1v) is 5.34. The third kappa shape index (κ3) is 2.27. The highest BCUT2D eigenvalue weighted by atomic mass is 16.5. The summed E-state index contributed by atoms with van der Waals surface area (Å²) in [5.41, 5.74) is 7.22. The van der Waals surface area contributed by atoms with E-state index in [4.69, 9.17) is 10.5 Å². The Morgan fingerprint density at radius 1 is 1.44 bits per heavy atom. The summed E-state index contributed by atoms with van der Waals surface area (Å²) in [4.78, 5) is 12.0. The molecule has 1 amide bonds. The molecule has 0 spiro atoms. The minimum absolute atomic E-state index is 0.265. The number of nitrogen functional groups attached to an aromatic ring is 1. The molecule has 0 saturated carbocycles. The summed E-state index contributed by atoms with van der Waals surface area (Å²) < 4.78 is 6.65. The number of methoxy groups -OCH3 is 1. The van der Waals surface area contributed by atoms with E-state index in [0.29, 0.717) is 22.8 Å². The highest BCUT2D eigenvalue weighted by molar-refractivity contribution is 6.04. The summed E-state index contributed by atoms with van der Waals surface area (Å²) in [5.74, 6) is 0.290. The zero-order valence-electron chi connectivity index (χ0n) is 10.2. The Balaban J connectivity index is 2.27. The average Bonchev–Trinajstić information content (AvgIpc) is 2.76. The van der Waals surface area contributed by atoms with Crippen LogP contribution in [0.1, 0.15) is 10.5 Å². The summed E-state index contributed by atoms with van der Waals surface area (Å²) in [6, 6.07) is 6.69. The number of rotatable bonds is 3. The molecular formula is C12H14N4O2. The predicted octanol–water partition coefficient (Wildman–Crippen LogP) is 1.26. The van der Waals surface area contributed by atoms with E-state index >= 15 is 0 Å². The standard InChI is InChI=1S/C12H14N4O2/c1-16-10(5-6-14-16)12(17)15-9-7-8(13)3-4-11(9)18-2/h3-7H,13H2,1-2H3,(H,15,17). The van der Waals surface area contributed by atoms with Gasteiger partial charge in [0.05, 0.1) is 12.8 Å². The Bertz CT molecular complexity index is 577. The molecule has 0 fully saturated rings. The fourth-order valence-corrected chi connectivity index (χ4v) is 1.61. The van der Waals surface area contributed by atoms with Crippen molar-refractivity contribution in [1.29, 1.82) is 0 Å². The summed E-state index contributed by atoms with van der Waals surface area (Å²) >= 11 is 0. The number of amides is 1. The number of aromatic nitrogens is 2. The summed E-state index contributed by atoms with van der Waals surface area (Å²) in [7, 11) is 3.23. The number of anilines is 2. The molecule has 0 atom stereocenters. The molecule has 0 unspecified atom stereocenters. The van der Waals surface area contributed by atoms with Gasteiger partial charge < -0.3 is 15.8 Å². The van der Waals surface area contributed by atoms with Gasteiger partial charge in [0.15, 0.2) is 0 Å². The minimum atomic E-state index is -0.265. The van der Waals surface area contributed by atoms with Crippen molar-refractivity contribution >= 4 is 17.3 Å². The van der Waals surface area contributed by atoms with Gasteiger partial charge in [0.2, 0.25) is 0 Å². The van der Waals surface area contributed by atoms with Gasteiger partial charge >= 0.3 is 0 Å². The fraction of sp³-hybridized carbons (Fsp3) is 0.167. The van der Waals surface area contributed by atoms with Crippen LogP contribution in [0.4, 0.5) is 11.4 Å². The predicted molar refractivity (Wildman–Crippen MR) is 68.6 cm³/mol. The largest absolute Gasteiger partial charge is 0.495 e. The van der Waals surface area contributed by atoms with Gasteiger partial charge in [-0.1, -0.05) is 0 Å². The van der Waals surface area contributed by atoms with Crippen LogP contribution in [-0.4, -0.2) is 22.8 Å². The van der Waals surface area contributed by atoms with Crippen molar-refractivity contribution in [3.8, 4) is 5.75 Å². The van der Waals surface area contributed by atoms with Crippen LogP contribution in [0.25, 0.3) is 0 Å². The van der Waals surface area contributed by atoms with Gasteiger partial charge in [-0.25, -0.2) is 0 Å². The van der Waals surface area contributed by atoms with Gasteiger partial charge in [-0.3, -0.25) is 9.48 Å². The van der Waals surface area contributed by atoms with Crippen molar-refractivity contribution in [2.75, 3.05) is 18.2 Å². The van der Waals surface area contributed by atoms with Crippen molar-refractivity contribution < 1.29 is 9.53 Å². The van der Waals surface area contributed by atoms with Crippen LogP contribution in [-0.2, 0) is 7.05 Å². The Morgan fingerprint density at radius 3 is 2.83 bits per heavy atom. The van der Waals surface area contributed by atoms with Crippen LogP contribution in [0.15, 0.2) is 30.5 Å². The van der Waals surface area contributed by atoms with Crippen LogP contribution in [0.2, 0.25) is 0 Å². The summed E-state index contributed by atoms with van der Waals surface area (Å²) in [6.45, 7) is 0. The quantitative estimate of drug-likeness (QED) is 0.799. The monoisotopic (exact) mass is 246 g/mol. The number of ether oxygens (including phenoxy) is 1. The minimum Gasteiger partial charge on any atom is -0.495 e. The van der Waals surface area contributed by atoms with Crippen LogP contribution in [0, 0.1) is 0 Å². The lowest BCUT2D eigenvalue weighted by Crippen LogP contribution is -2.16. The fourth-order valence-electron chi connectivity index (χ4n) is 1.61. The van der Waals surface area contributed by atoms with E-state index in [-0.39, 0.29) is 5.91 Å². The maximum atomic E-state index is 12.0. The molecule has 1 heterocycles. The smallest absolute Gasteiger partial charge is 0.274 e. The highest BCUT2D eigenvalue weighted by Crippen LogP contribution is 2.26. The maximum Gasteiger partial charge on any atom is 0.274 e. The first-order chi connectivity index (χ1) is 8.61. The van der Waals surface area contributed by atoms with E-state index in [0.717, 1.165) is 0 Å². The molecule has 1 aromatic heterocycles. The molecule has 6 nitrogen and oxygen atoms in total. The van der Waals surface area contributed by atoms with E-state index in [9.17, 15) is 4.79 Å². The Morgan fingerprint density at radius 2 is 2.22 bits per heavy atom. The Kier molecular flexibility index (Phi) is 3.18. The molecule has 2 rings (SSSR count). The first kappa shape index (κ1) is 12.0. The maximum absolute atomic E-state index is 12.0. The Hall–Kier alpha value is -2.50. The molecular weight excluding hydrogens is 232 g/mol. The first-order valence-electron chi connectivity index (χ1n) is 5.34. The second kappa shape index (κ2) is 4.79. The van der Waals surface area contributed by atoms with Gasteiger partial charge in [0.1, 0.15) is 11.4 Å². The van der Waals surface area contributed by atoms with Crippen molar-refractivity contribution in [2.45, 2.75) is 0 Å². The number of aryl methyl sites for hydroxylation is 1. The second-order valence-corrected chi connectivity index (χ2v) is 3.75. The van der Waals surface area contributed by atoms with Gasteiger partial charge in [-0.05, 0) is 24.3 Å². The van der Waals surface area contributed by atoms with E-state index in [1.807, 2.05) is 0 Å². The van der Waals surface area contributed by atoms with Gasteiger partial charge in [0, 0.05) is 18.9 Å². The number of hydrogen-bond donors (Lipinski definition) is 2. The molecule has 2 aromatic rings. The molecule has 94 valence electrons. The Labute approximate surface area is 104 Å². The van der Waals surface area contributed by atoms with Crippen LogP contribution in [0.3, 0.4) is 0 Å². The average molecular weight is 246 g/mol. The zero-order valence-corrected chi connectivity index (χ0v) is 10.2. The topological polar surface area (TPSA) is 82.2 Å². The molecule has 18 heavy (non-hydrogen) atoms. The summed E-state index contributed by atoms with van der Waals surface area (Å²) in [5, 5.41) is 6.68. The lowest BCUT2D eigenvalue weighted by atomic mass is 10.2. The molecule has 0 saturated heterocycles. The van der Waals surface area contributed by atoms with Crippen LogP contribution >= 0.6 is 0 Å². The number of hydrogen-bond acceptors (Lipinski definition) is 4. The van der Waals surface area contributed by atoms with E-state index in [2.05, 4.69) is 10.4 Å². The number of benzene rings is 1. The number of carbonyl (C=O) groups is 1. The van der Waals surface area contributed by atoms with E-state index in [1.54, 1.807) is 37.5 Å². The molecule has 3 N–H and O–H groups in total. The third-order valence-electron chi connectivity index (χ3n) is 2.53. The number of carbonyl (C=O) groups excluding carboxylic acids is 1. The van der Waals surface area contributed by atoms with E-state index < -0.39 is 0 Å². The molecule has 6 heteroatoms. The summed E-state index contributed by atoms with van der Waals surface area (Å²) in [6.07, 6.45) is 1.56. The molecule has 0 bridgehead atoms. The number of nitrogens with two attached hydrogens (primary N) is 1. The normalized spacial score (nSPS) is 10.1. The zero-order chi connectivity index (χ0) is 13.1. The van der Waals surface area contributed by atoms with E-state index in [1.165, 1.54) is 11.8 Å². The van der Waals surface area contributed by atoms with Gasteiger partial charge in [0.25, 0.3) is 5.91 Å². The van der Waals surface area contributed by atoms with Crippen molar-refractivity contribution in [3.05, 3.63) is 36.2 Å². The van der Waals surface area contributed by atoms with Crippen molar-refractivity contribution in [2.24, 2.45) is 7.05 Å². The van der Waals surface area contributed by atoms with Gasteiger partial charge in [-0.15, -0.1) is 0 Å². The lowest BCUT2D eigenvalue weighted by Gasteiger charge is -2.10. The number of nitrogens with zero attached hydrogens (tertiary/aromatic N) is 2. The highest BCUT2D eigenvalue weighted by Gasteiger charge is 2.12. The molecule has 0 radical (unpaired) electrons. The molecule has 0 aliphatic heterocycles. The lowest BCUT2D eigenvalue weighted by molar-refractivity contribution is 0.101. The third-order valence-corrected chi connectivity index (χ3v) is 2.53. The van der Waals surface area contributed by atoms with Crippen molar-refractivity contribution in [1.82, 2.24) is 9.78 Å². The number of nitrogens with one attached hydrogen (secondary N) is 1. The molecule has 0 aliphatic rings. The molecule has 0 aliphatic carbocycles. The SMILES string of the molecule is COc1ccc(N)cc1NC(=O)c1ccnn1C. The molecule has 1 aromatic carbocycles. The van der Waals surface area contributed by atoms with Crippen LogP contribution < -0.4 is 15.8 Å². The second-order valence-electron chi connectivity index (χ2n) is 3.75. The van der Waals surface area contributed by atoms with Crippen molar-refractivity contribution in [3.63, 3.8) is 0 Å².